The molecular formula is C22H28ClN3O5. The maximum Gasteiger partial charge on any atom is 0.338 e. The number of hydrogen-bond acceptors (Lipinski definition) is 6. The molecule has 1 aromatic rings. The summed E-state index contributed by atoms with van der Waals surface area (Å²) in [5.74, 6) is -0.957. The van der Waals surface area contributed by atoms with Crippen LogP contribution in [0.15, 0.2) is 35.5 Å². The van der Waals surface area contributed by atoms with E-state index in [9.17, 15) is 14.4 Å². The predicted molar refractivity (Wildman–Crippen MR) is 115 cm³/mol. The van der Waals surface area contributed by atoms with Crippen molar-refractivity contribution in [3.05, 3.63) is 46.1 Å². The van der Waals surface area contributed by atoms with Crippen LogP contribution in [0.2, 0.25) is 5.02 Å². The van der Waals surface area contributed by atoms with Gasteiger partial charge in [-0.3, -0.25) is 9.69 Å². The fourth-order valence-corrected chi connectivity index (χ4v) is 4.26. The number of nitrogens with zero attached hydrogens (tertiary/aromatic N) is 1. The molecule has 0 radical (unpaired) electrons. The van der Waals surface area contributed by atoms with Crippen molar-refractivity contribution in [1.29, 1.82) is 0 Å². The third-order valence-electron chi connectivity index (χ3n) is 5.37. The number of piperidine rings is 1. The lowest BCUT2D eigenvalue weighted by Gasteiger charge is -2.35. The van der Waals surface area contributed by atoms with E-state index >= 15 is 0 Å². The number of nitrogens with one attached hydrogen (secondary N) is 2. The highest BCUT2D eigenvalue weighted by Gasteiger charge is 2.36. The topological polar surface area (TPSA) is 97.0 Å². The Morgan fingerprint density at radius 1 is 1.19 bits per heavy atom. The van der Waals surface area contributed by atoms with E-state index in [2.05, 4.69) is 15.5 Å². The van der Waals surface area contributed by atoms with Crippen LogP contribution in [0.1, 0.15) is 38.3 Å². The van der Waals surface area contributed by atoms with E-state index < -0.39 is 18.0 Å². The highest BCUT2D eigenvalue weighted by molar-refractivity contribution is 6.31. The summed E-state index contributed by atoms with van der Waals surface area (Å²) in [6.45, 7) is 5.61. The van der Waals surface area contributed by atoms with Gasteiger partial charge in [0.25, 0.3) is 0 Å². The molecule has 0 unspecified atom stereocenters. The second kappa shape index (κ2) is 10.6. The van der Waals surface area contributed by atoms with Gasteiger partial charge in [0.05, 0.1) is 30.7 Å². The fraction of sp³-hybridized carbons (Fsp3) is 0.500. The van der Waals surface area contributed by atoms with Crippen molar-refractivity contribution in [2.24, 2.45) is 5.92 Å². The molecule has 2 N–H and O–H groups in total. The normalized spacial score (nSPS) is 21.8. The van der Waals surface area contributed by atoms with Crippen molar-refractivity contribution < 1.29 is 23.9 Å². The Hall–Kier alpha value is -2.58. The van der Waals surface area contributed by atoms with Gasteiger partial charge in [0.2, 0.25) is 0 Å². The van der Waals surface area contributed by atoms with Gasteiger partial charge in [-0.05, 0) is 44.9 Å². The summed E-state index contributed by atoms with van der Waals surface area (Å²) in [6, 6.07) is 5.91. The van der Waals surface area contributed by atoms with E-state index in [1.54, 1.807) is 38.1 Å². The molecule has 2 aliphatic heterocycles. The number of amides is 2. The molecule has 2 amide bonds. The number of benzene rings is 1. The molecule has 0 bridgehead atoms. The zero-order chi connectivity index (χ0) is 22.4. The van der Waals surface area contributed by atoms with Gasteiger partial charge in [-0.25, -0.2) is 9.59 Å². The Morgan fingerprint density at radius 3 is 2.65 bits per heavy atom. The van der Waals surface area contributed by atoms with Crippen LogP contribution in [0.5, 0.6) is 0 Å². The summed E-state index contributed by atoms with van der Waals surface area (Å²) in [5.41, 5.74) is 1.38. The Morgan fingerprint density at radius 2 is 1.94 bits per heavy atom. The molecule has 8 nitrogen and oxygen atoms in total. The average Bonchev–Trinajstić information content (AvgIpc) is 2.74. The largest absolute Gasteiger partial charge is 0.466 e. The number of ether oxygens (including phenoxy) is 2. The van der Waals surface area contributed by atoms with E-state index in [0.717, 1.165) is 19.4 Å². The lowest BCUT2D eigenvalue weighted by molar-refractivity contribution is -0.150. The lowest BCUT2D eigenvalue weighted by atomic mass is 9.93. The van der Waals surface area contributed by atoms with Crippen LogP contribution in [0.4, 0.5) is 4.79 Å². The third kappa shape index (κ3) is 5.57. The smallest absolute Gasteiger partial charge is 0.338 e. The Bertz CT molecular complexity index is 872. The van der Waals surface area contributed by atoms with E-state index in [1.165, 1.54) is 0 Å². The average molecular weight is 450 g/mol. The van der Waals surface area contributed by atoms with Crippen LogP contribution in [0.25, 0.3) is 0 Å². The van der Waals surface area contributed by atoms with Gasteiger partial charge in [-0.2, -0.15) is 0 Å². The summed E-state index contributed by atoms with van der Waals surface area (Å²) >= 11 is 6.37. The van der Waals surface area contributed by atoms with Crippen molar-refractivity contribution in [2.45, 2.75) is 32.7 Å². The highest BCUT2D eigenvalue weighted by Crippen LogP contribution is 2.32. The second-order valence-electron chi connectivity index (χ2n) is 7.49. The Labute approximate surface area is 186 Å². The van der Waals surface area contributed by atoms with Crippen LogP contribution in [0.3, 0.4) is 0 Å². The molecule has 2 aliphatic rings. The minimum Gasteiger partial charge on any atom is -0.466 e. The third-order valence-corrected chi connectivity index (χ3v) is 5.72. The van der Waals surface area contributed by atoms with E-state index in [4.69, 9.17) is 21.1 Å². The van der Waals surface area contributed by atoms with Crippen molar-refractivity contribution in [3.63, 3.8) is 0 Å². The standard InChI is InChI=1S/C22H28ClN3O5/c1-3-30-20(27)14-8-7-11-26(12-14)13-17-18(21(28)31-4-2)19(25-22(29)24-17)15-9-5-6-10-16(15)23/h5-6,9-10,14,19H,3-4,7-8,11-13H2,1-2H3,(H2,24,25,29)/t14-,19-/m1/s1. The van der Waals surface area contributed by atoms with Gasteiger partial charge in [-0.1, -0.05) is 29.8 Å². The van der Waals surface area contributed by atoms with Crippen LogP contribution in [-0.2, 0) is 19.1 Å². The molecule has 3 rings (SSSR count). The van der Waals surface area contributed by atoms with Gasteiger partial charge in [0, 0.05) is 23.8 Å². The SMILES string of the molecule is CCOC(=O)C1=C(CN2CCC[C@@H](C(=O)OCC)C2)NC(=O)N[C@@H]1c1ccccc1Cl. The maximum atomic E-state index is 12.9. The van der Waals surface area contributed by atoms with E-state index in [-0.39, 0.29) is 18.5 Å². The predicted octanol–water partition coefficient (Wildman–Crippen LogP) is 2.79. The number of carbonyl (C=O) groups excluding carboxylic acids is 3. The van der Waals surface area contributed by atoms with Crippen LogP contribution in [-0.4, -0.2) is 55.7 Å². The number of likely N-dealkylation sites (tertiary alicyclic amines) is 1. The quantitative estimate of drug-likeness (QED) is 0.621. The summed E-state index contributed by atoms with van der Waals surface area (Å²) < 4.78 is 10.5. The molecule has 1 aromatic carbocycles. The molecule has 0 saturated carbocycles. The lowest BCUT2D eigenvalue weighted by Crippen LogP contribution is -2.50. The number of hydrogen-bond donors (Lipinski definition) is 2. The van der Waals surface area contributed by atoms with Crippen LogP contribution in [0, 0.1) is 5.92 Å². The minimum absolute atomic E-state index is 0.202. The zero-order valence-corrected chi connectivity index (χ0v) is 18.5. The number of esters is 2. The van der Waals surface area contributed by atoms with Gasteiger partial charge in [-0.15, -0.1) is 0 Å². The number of halogens is 1. The number of carbonyl (C=O) groups is 3. The van der Waals surface area contributed by atoms with E-state index in [0.29, 0.717) is 41.6 Å². The van der Waals surface area contributed by atoms with Crippen molar-refractivity contribution in [1.82, 2.24) is 15.5 Å². The summed E-state index contributed by atoms with van der Waals surface area (Å²) in [4.78, 5) is 39.6. The Kier molecular flexibility index (Phi) is 7.92. The molecule has 2 atom stereocenters. The minimum atomic E-state index is -0.734. The number of rotatable bonds is 7. The first-order valence-corrected chi connectivity index (χ1v) is 10.9. The molecule has 1 saturated heterocycles. The molecule has 1 fully saturated rings. The molecule has 31 heavy (non-hydrogen) atoms. The summed E-state index contributed by atoms with van der Waals surface area (Å²) in [5, 5.41) is 6.00. The summed E-state index contributed by atoms with van der Waals surface area (Å²) in [7, 11) is 0. The van der Waals surface area contributed by atoms with Crippen LogP contribution >= 0.6 is 11.6 Å². The van der Waals surface area contributed by atoms with Gasteiger partial charge >= 0.3 is 18.0 Å². The zero-order valence-electron chi connectivity index (χ0n) is 17.8. The van der Waals surface area contributed by atoms with Gasteiger partial charge < -0.3 is 20.1 Å². The molecule has 0 aromatic heterocycles. The maximum absolute atomic E-state index is 12.9. The fourth-order valence-electron chi connectivity index (χ4n) is 4.01. The molecule has 2 heterocycles. The highest BCUT2D eigenvalue weighted by atomic mass is 35.5. The van der Waals surface area contributed by atoms with Crippen molar-refractivity contribution >= 4 is 29.6 Å². The van der Waals surface area contributed by atoms with Crippen molar-refractivity contribution in [3.8, 4) is 0 Å². The molecule has 168 valence electrons. The molecule has 9 heteroatoms. The first-order chi connectivity index (χ1) is 14.9. The monoisotopic (exact) mass is 449 g/mol. The first-order valence-electron chi connectivity index (χ1n) is 10.6. The number of urea groups is 1. The molecular weight excluding hydrogens is 422 g/mol. The first kappa shape index (κ1) is 23.1. The molecule has 0 spiro atoms. The van der Waals surface area contributed by atoms with E-state index in [1.807, 2.05) is 0 Å². The van der Waals surface area contributed by atoms with Gasteiger partial charge in [0.1, 0.15) is 0 Å². The summed E-state index contributed by atoms with van der Waals surface area (Å²) in [6.07, 6.45) is 1.58. The Balaban J connectivity index is 1.92. The second-order valence-corrected chi connectivity index (χ2v) is 7.90. The van der Waals surface area contributed by atoms with Crippen LogP contribution < -0.4 is 10.6 Å². The van der Waals surface area contributed by atoms with Gasteiger partial charge in [0.15, 0.2) is 0 Å². The van der Waals surface area contributed by atoms with Crippen molar-refractivity contribution in [2.75, 3.05) is 32.8 Å². The molecule has 0 aliphatic carbocycles.